The van der Waals surface area contributed by atoms with E-state index < -0.39 is 0 Å². The van der Waals surface area contributed by atoms with Crippen LogP contribution in [0, 0.1) is 17.8 Å². The highest BCUT2D eigenvalue weighted by Gasteiger charge is 1.97. The minimum absolute atomic E-state index is 0.489. The predicted molar refractivity (Wildman–Crippen MR) is 71.9 cm³/mol. The standard InChI is InChI=1S/C15H21NO/c1-3-13(4-2)8-9-14-6-5-7-15(12-14)17-11-10-16/h5-7,12-13H,3-4,10-11,16H2,1-2H3. The lowest BCUT2D eigenvalue weighted by Crippen LogP contribution is -2.10. The first-order chi connectivity index (χ1) is 8.30. The fourth-order valence-corrected chi connectivity index (χ4v) is 1.52. The number of rotatable bonds is 5. The van der Waals surface area contributed by atoms with Gasteiger partial charge in [0.15, 0.2) is 0 Å². The van der Waals surface area contributed by atoms with Gasteiger partial charge in [0.05, 0.1) is 0 Å². The highest BCUT2D eigenvalue weighted by molar-refractivity contribution is 5.40. The van der Waals surface area contributed by atoms with Gasteiger partial charge >= 0.3 is 0 Å². The van der Waals surface area contributed by atoms with Crippen LogP contribution in [0.5, 0.6) is 5.75 Å². The SMILES string of the molecule is CCC(C#Cc1cccc(OCCN)c1)CC. The van der Waals surface area contributed by atoms with E-state index in [2.05, 4.69) is 25.7 Å². The lowest BCUT2D eigenvalue weighted by atomic mass is 10.0. The van der Waals surface area contributed by atoms with E-state index in [-0.39, 0.29) is 0 Å². The van der Waals surface area contributed by atoms with Gasteiger partial charge < -0.3 is 10.5 Å². The third-order valence-electron chi connectivity index (χ3n) is 2.63. The Morgan fingerprint density at radius 2 is 2.06 bits per heavy atom. The number of ether oxygens (including phenoxy) is 1. The molecule has 0 amide bonds. The molecule has 2 nitrogen and oxygen atoms in total. The fourth-order valence-electron chi connectivity index (χ4n) is 1.52. The summed E-state index contributed by atoms with van der Waals surface area (Å²) in [6, 6.07) is 7.86. The van der Waals surface area contributed by atoms with Crippen LogP contribution in [0.3, 0.4) is 0 Å². The summed E-state index contributed by atoms with van der Waals surface area (Å²) < 4.78 is 5.46. The molecule has 1 aromatic carbocycles. The smallest absolute Gasteiger partial charge is 0.120 e. The van der Waals surface area contributed by atoms with E-state index in [4.69, 9.17) is 10.5 Å². The van der Waals surface area contributed by atoms with Gasteiger partial charge in [0.25, 0.3) is 0 Å². The quantitative estimate of drug-likeness (QED) is 0.791. The molecule has 2 heteroatoms. The van der Waals surface area contributed by atoms with E-state index >= 15 is 0 Å². The Morgan fingerprint density at radius 1 is 1.29 bits per heavy atom. The summed E-state index contributed by atoms with van der Waals surface area (Å²) in [7, 11) is 0. The lowest BCUT2D eigenvalue weighted by molar-refractivity contribution is 0.328. The number of hydrogen-bond acceptors (Lipinski definition) is 2. The summed E-state index contributed by atoms with van der Waals surface area (Å²) in [4.78, 5) is 0. The van der Waals surface area contributed by atoms with E-state index in [0.29, 0.717) is 19.1 Å². The fraction of sp³-hybridized carbons (Fsp3) is 0.467. The van der Waals surface area contributed by atoms with Crippen LogP contribution >= 0.6 is 0 Å². The maximum absolute atomic E-state index is 5.46. The minimum Gasteiger partial charge on any atom is -0.492 e. The van der Waals surface area contributed by atoms with Gasteiger partial charge in [-0.1, -0.05) is 31.8 Å². The van der Waals surface area contributed by atoms with Crippen LogP contribution in [0.25, 0.3) is 0 Å². The second-order valence-corrected chi connectivity index (χ2v) is 3.95. The highest BCUT2D eigenvalue weighted by Crippen LogP contribution is 2.13. The Morgan fingerprint density at radius 3 is 2.71 bits per heavy atom. The molecule has 0 aliphatic heterocycles. The van der Waals surface area contributed by atoms with Gasteiger partial charge in [-0.05, 0) is 31.0 Å². The molecule has 0 aliphatic rings. The van der Waals surface area contributed by atoms with Gasteiger partial charge in [0, 0.05) is 18.0 Å². The number of nitrogens with two attached hydrogens (primary N) is 1. The molecular weight excluding hydrogens is 210 g/mol. The zero-order chi connectivity index (χ0) is 12.5. The van der Waals surface area contributed by atoms with Crippen LogP contribution in [0.15, 0.2) is 24.3 Å². The van der Waals surface area contributed by atoms with Crippen molar-refractivity contribution in [1.82, 2.24) is 0 Å². The molecule has 0 unspecified atom stereocenters. The van der Waals surface area contributed by atoms with Crippen molar-refractivity contribution in [2.45, 2.75) is 26.7 Å². The van der Waals surface area contributed by atoms with Gasteiger partial charge in [-0.2, -0.15) is 0 Å². The van der Waals surface area contributed by atoms with Crippen LogP contribution < -0.4 is 10.5 Å². The van der Waals surface area contributed by atoms with Crippen molar-refractivity contribution < 1.29 is 4.74 Å². The van der Waals surface area contributed by atoms with E-state index in [1.165, 1.54) is 0 Å². The normalized spacial score (nSPS) is 9.88. The molecule has 92 valence electrons. The summed E-state index contributed by atoms with van der Waals surface area (Å²) in [5.74, 6) is 7.82. The summed E-state index contributed by atoms with van der Waals surface area (Å²) in [5, 5.41) is 0. The van der Waals surface area contributed by atoms with Crippen LogP contribution in [0.2, 0.25) is 0 Å². The van der Waals surface area contributed by atoms with Crippen molar-refractivity contribution in [3.63, 3.8) is 0 Å². The average molecular weight is 231 g/mol. The van der Waals surface area contributed by atoms with Crippen molar-refractivity contribution in [2.75, 3.05) is 13.2 Å². The van der Waals surface area contributed by atoms with E-state index in [1.54, 1.807) is 0 Å². The molecule has 0 aliphatic carbocycles. The van der Waals surface area contributed by atoms with Gasteiger partial charge in [0.1, 0.15) is 12.4 Å². The predicted octanol–water partition coefficient (Wildman–Crippen LogP) is 2.81. The Kier molecular flexibility index (Phi) is 6.21. The first-order valence-electron chi connectivity index (χ1n) is 6.24. The van der Waals surface area contributed by atoms with E-state index in [9.17, 15) is 0 Å². The topological polar surface area (TPSA) is 35.2 Å². The molecule has 0 atom stereocenters. The first-order valence-corrected chi connectivity index (χ1v) is 6.24. The third kappa shape index (κ3) is 4.93. The van der Waals surface area contributed by atoms with Gasteiger partial charge in [-0.25, -0.2) is 0 Å². The summed E-state index contributed by atoms with van der Waals surface area (Å²) in [6.07, 6.45) is 2.21. The van der Waals surface area contributed by atoms with Crippen molar-refractivity contribution in [3.8, 4) is 17.6 Å². The highest BCUT2D eigenvalue weighted by atomic mass is 16.5. The minimum atomic E-state index is 0.489. The van der Waals surface area contributed by atoms with Gasteiger partial charge in [-0.3, -0.25) is 0 Å². The summed E-state index contributed by atoms with van der Waals surface area (Å²) in [6.45, 7) is 5.42. The van der Waals surface area contributed by atoms with Crippen molar-refractivity contribution in [3.05, 3.63) is 29.8 Å². The van der Waals surface area contributed by atoms with Crippen LogP contribution in [0.1, 0.15) is 32.3 Å². The summed E-state index contributed by atoms with van der Waals surface area (Å²) in [5.41, 5.74) is 6.40. The molecule has 0 heterocycles. The zero-order valence-corrected chi connectivity index (χ0v) is 10.7. The number of hydrogen-bond donors (Lipinski definition) is 1. The van der Waals surface area contributed by atoms with Crippen LogP contribution in [0.4, 0.5) is 0 Å². The monoisotopic (exact) mass is 231 g/mol. The van der Waals surface area contributed by atoms with Crippen molar-refractivity contribution in [2.24, 2.45) is 11.7 Å². The second kappa shape index (κ2) is 7.76. The van der Waals surface area contributed by atoms with Gasteiger partial charge in [-0.15, -0.1) is 0 Å². The Bertz CT molecular complexity index is 385. The molecule has 17 heavy (non-hydrogen) atoms. The van der Waals surface area contributed by atoms with Gasteiger partial charge in [0.2, 0.25) is 0 Å². The molecule has 1 rings (SSSR count). The number of benzene rings is 1. The average Bonchev–Trinajstić information content (AvgIpc) is 2.38. The zero-order valence-electron chi connectivity index (χ0n) is 10.7. The molecule has 0 aromatic heterocycles. The molecule has 0 saturated carbocycles. The maximum atomic E-state index is 5.46. The molecule has 0 spiro atoms. The molecule has 1 aromatic rings. The van der Waals surface area contributed by atoms with Crippen LogP contribution in [-0.4, -0.2) is 13.2 Å². The molecule has 0 radical (unpaired) electrons. The lowest BCUT2D eigenvalue weighted by Gasteiger charge is -2.04. The Balaban J connectivity index is 2.70. The Hall–Kier alpha value is -1.46. The Labute approximate surface area is 104 Å². The largest absolute Gasteiger partial charge is 0.492 e. The van der Waals surface area contributed by atoms with Crippen LogP contribution in [-0.2, 0) is 0 Å². The summed E-state index contributed by atoms with van der Waals surface area (Å²) >= 11 is 0. The molecule has 0 bridgehead atoms. The molecule has 0 saturated heterocycles. The molecule has 2 N–H and O–H groups in total. The van der Waals surface area contributed by atoms with E-state index in [1.807, 2.05) is 24.3 Å². The maximum Gasteiger partial charge on any atom is 0.120 e. The third-order valence-corrected chi connectivity index (χ3v) is 2.63. The first kappa shape index (κ1) is 13.6. The molecular formula is C15H21NO. The second-order valence-electron chi connectivity index (χ2n) is 3.95. The molecule has 0 fully saturated rings. The van der Waals surface area contributed by atoms with Crippen molar-refractivity contribution in [1.29, 1.82) is 0 Å². The van der Waals surface area contributed by atoms with Crippen molar-refractivity contribution >= 4 is 0 Å². The van der Waals surface area contributed by atoms with E-state index in [0.717, 1.165) is 24.2 Å².